The van der Waals surface area contributed by atoms with E-state index in [2.05, 4.69) is 20.8 Å². The number of carbonyl (C=O) groups excluding carboxylic acids is 2. The molecule has 0 saturated heterocycles. The number of nitrogens with zero attached hydrogens (tertiary/aromatic N) is 3. The number of hydrogen-bond acceptors (Lipinski definition) is 5. The summed E-state index contributed by atoms with van der Waals surface area (Å²) in [5.74, 6) is -0.258. The van der Waals surface area contributed by atoms with Gasteiger partial charge in [-0.15, -0.1) is 10.2 Å². The molecule has 2 amide bonds. The molecule has 11 heteroatoms. The predicted molar refractivity (Wildman–Crippen MR) is 123 cm³/mol. The van der Waals surface area contributed by atoms with Crippen LogP contribution in [0.15, 0.2) is 59.8 Å². The van der Waals surface area contributed by atoms with Gasteiger partial charge in [-0.05, 0) is 36.2 Å². The fourth-order valence-corrected chi connectivity index (χ4v) is 3.88. The number of aromatic nitrogens is 3. The minimum atomic E-state index is -4.49. The number of halogens is 3. The summed E-state index contributed by atoms with van der Waals surface area (Å²) in [4.78, 5) is 24.9. The highest BCUT2D eigenvalue weighted by Gasteiger charge is 2.30. The molecule has 2 aromatic carbocycles. The van der Waals surface area contributed by atoms with Crippen LogP contribution in [0, 0.1) is 5.92 Å². The fraction of sp³-hybridized carbons (Fsp3) is 0.304. The number of amides is 2. The lowest BCUT2D eigenvalue weighted by Crippen LogP contribution is -2.33. The summed E-state index contributed by atoms with van der Waals surface area (Å²) in [5.41, 5.74) is -0.257. The third kappa shape index (κ3) is 6.37. The summed E-state index contributed by atoms with van der Waals surface area (Å²) in [6, 6.07) is 12.8. The molecule has 0 saturated carbocycles. The third-order valence-electron chi connectivity index (χ3n) is 4.94. The number of rotatable bonds is 8. The average Bonchev–Trinajstić information content (AvgIpc) is 3.15. The molecule has 3 aromatic rings. The summed E-state index contributed by atoms with van der Waals surface area (Å²) in [7, 11) is 1.73. The van der Waals surface area contributed by atoms with E-state index in [1.807, 2.05) is 19.9 Å². The molecule has 0 radical (unpaired) electrons. The number of alkyl halides is 3. The number of benzene rings is 2. The Hall–Kier alpha value is -3.34. The minimum absolute atomic E-state index is 0.0117. The van der Waals surface area contributed by atoms with Crippen LogP contribution in [0.5, 0.6) is 0 Å². The van der Waals surface area contributed by atoms with Crippen LogP contribution in [0.1, 0.15) is 41.6 Å². The lowest BCUT2D eigenvalue weighted by molar-refractivity contribution is -0.137. The molecule has 180 valence electrons. The first kappa shape index (κ1) is 25.3. The SMILES string of the molecule is CC(C)C(NC(=O)c1ccccc1)c1nnc(SCC(=O)Nc2cccc(C(F)(F)F)c2)n1C. The summed E-state index contributed by atoms with van der Waals surface area (Å²) >= 11 is 1.09. The van der Waals surface area contributed by atoms with Crippen LogP contribution >= 0.6 is 11.8 Å². The maximum absolute atomic E-state index is 12.9. The summed E-state index contributed by atoms with van der Waals surface area (Å²) in [5, 5.41) is 14.2. The van der Waals surface area contributed by atoms with E-state index in [4.69, 9.17) is 0 Å². The maximum Gasteiger partial charge on any atom is 0.416 e. The molecular formula is C23H24F3N5O2S. The Balaban J connectivity index is 1.65. The highest BCUT2D eigenvalue weighted by molar-refractivity contribution is 7.99. The van der Waals surface area contributed by atoms with Gasteiger partial charge in [0.2, 0.25) is 5.91 Å². The van der Waals surface area contributed by atoms with Gasteiger partial charge in [0.25, 0.3) is 5.91 Å². The Kier molecular flexibility index (Phi) is 7.98. The molecule has 2 N–H and O–H groups in total. The molecule has 0 fully saturated rings. The van der Waals surface area contributed by atoms with Crippen LogP contribution in [0.2, 0.25) is 0 Å². The van der Waals surface area contributed by atoms with Crippen molar-refractivity contribution < 1.29 is 22.8 Å². The van der Waals surface area contributed by atoms with Gasteiger partial charge < -0.3 is 15.2 Å². The van der Waals surface area contributed by atoms with Crippen LogP contribution in [-0.2, 0) is 18.0 Å². The zero-order valence-electron chi connectivity index (χ0n) is 18.8. The molecule has 0 aliphatic rings. The summed E-state index contributed by atoms with van der Waals surface area (Å²) in [6.45, 7) is 3.89. The maximum atomic E-state index is 12.9. The van der Waals surface area contributed by atoms with E-state index < -0.39 is 23.7 Å². The standard InChI is InChI=1S/C23H24F3N5O2S/c1-14(2)19(28-21(33)15-8-5-4-6-9-15)20-29-30-22(31(20)3)34-13-18(32)27-17-11-7-10-16(12-17)23(24,25)26/h4-12,14,19H,13H2,1-3H3,(H,27,32)(H,28,33). The first-order chi connectivity index (χ1) is 16.1. The Bertz CT molecular complexity index is 1150. The molecule has 0 spiro atoms. The van der Waals surface area contributed by atoms with Crippen LogP contribution in [0.4, 0.5) is 18.9 Å². The quantitative estimate of drug-likeness (QED) is 0.446. The second-order valence-electron chi connectivity index (χ2n) is 7.88. The van der Waals surface area contributed by atoms with Crippen LogP contribution in [0.3, 0.4) is 0 Å². The van der Waals surface area contributed by atoms with E-state index in [1.54, 1.807) is 35.9 Å². The van der Waals surface area contributed by atoms with E-state index in [-0.39, 0.29) is 23.3 Å². The van der Waals surface area contributed by atoms with Crippen LogP contribution in [0.25, 0.3) is 0 Å². The van der Waals surface area contributed by atoms with Gasteiger partial charge in [-0.2, -0.15) is 13.2 Å². The van der Waals surface area contributed by atoms with Gasteiger partial charge in [0.05, 0.1) is 17.4 Å². The topological polar surface area (TPSA) is 88.9 Å². The van der Waals surface area contributed by atoms with Crippen molar-refractivity contribution in [3.8, 4) is 0 Å². The molecule has 1 atom stereocenters. The van der Waals surface area contributed by atoms with Gasteiger partial charge in [0.15, 0.2) is 11.0 Å². The number of anilines is 1. The third-order valence-corrected chi connectivity index (χ3v) is 5.96. The fourth-order valence-electron chi connectivity index (χ4n) is 3.17. The van der Waals surface area contributed by atoms with Gasteiger partial charge in [0, 0.05) is 18.3 Å². The Labute approximate surface area is 199 Å². The molecule has 1 aromatic heterocycles. The molecule has 0 aliphatic carbocycles. The number of hydrogen-bond donors (Lipinski definition) is 2. The Morgan fingerprint density at radius 2 is 1.76 bits per heavy atom. The van der Waals surface area contributed by atoms with Crippen molar-refractivity contribution in [1.82, 2.24) is 20.1 Å². The second-order valence-corrected chi connectivity index (χ2v) is 8.82. The van der Waals surface area contributed by atoms with Gasteiger partial charge in [-0.1, -0.05) is 49.9 Å². The molecule has 0 aliphatic heterocycles. The number of thioether (sulfide) groups is 1. The van der Waals surface area contributed by atoms with E-state index in [0.717, 1.165) is 23.9 Å². The van der Waals surface area contributed by atoms with Crippen LogP contribution < -0.4 is 10.6 Å². The van der Waals surface area contributed by atoms with E-state index >= 15 is 0 Å². The van der Waals surface area contributed by atoms with E-state index in [1.165, 1.54) is 12.1 Å². The monoisotopic (exact) mass is 491 g/mol. The number of carbonyl (C=O) groups is 2. The van der Waals surface area contributed by atoms with E-state index in [0.29, 0.717) is 16.5 Å². The Morgan fingerprint density at radius 3 is 2.41 bits per heavy atom. The predicted octanol–water partition coefficient (Wildman–Crippen LogP) is 4.69. The largest absolute Gasteiger partial charge is 0.416 e. The molecule has 7 nitrogen and oxygen atoms in total. The average molecular weight is 492 g/mol. The van der Waals surface area contributed by atoms with Crippen molar-refractivity contribution >= 4 is 29.3 Å². The lowest BCUT2D eigenvalue weighted by Gasteiger charge is -2.21. The smallest absolute Gasteiger partial charge is 0.342 e. The van der Waals surface area contributed by atoms with Crippen LogP contribution in [-0.4, -0.2) is 32.3 Å². The van der Waals surface area contributed by atoms with Gasteiger partial charge >= 0.3 is 6.18 Å². The zero-order chi connectivity index (χ0) is 24.9. The molecule has 1 heterocycles. The lowest BCUT2D eigenvalue weighted by atomic mass is 10.0. The number of nitrogens with one attached hydrogen (secondary N) is 2. The molecule has 1 unspecified atom stereocenters. The first-order valence-electron chi connectivity index (χ1n) is 10.4. The van der Waals surface area contributed by atoms with Gasteiger partial charge in [-0.25, -0.2) is 0 Å². The van der Waals surface area contributed by atoms with Crippen molar-refractivity contribution in [3.63, 3.8) is 0 Å². The van der Waals surface area contributed by atoms with Gasteiger partial charge in [-0.3, -0.25) is 9.59 Å². The van der Waals surface area contributed by atoms with Crippen molar-refractivity contribution in [2.45, 2.75) is 31.2 Å². The summed E-state index contributed by atoms with van der Waals surface area (Å²) < 4.78 is 40.3. The van der Waals surface area contributed by atoms with Crippen molar-refractivity contribution in [1.29, 1.82) is 0 Å². The highest BCUT2D eigenvalue weighted by Crippen LogP contribution is 2.31. The van der Waals surface area contributed by atoms with Crippen molar-refractivity contribution in [3.05, 3.63) is 71.5 Å². The molecule has 3 rings (SSSR count). The second kappa shape index (κ2) is 10.7. The first-order valence-corrected chi connectivity index (χ1v) is 11.4. The molecule has 34 heavy (non-hydrogen) atoms. The minimum Gasteiger partial charge on any atom is -0.342 e. The zero-order valence-corrected chi connectivity index (χ0v) is 19.6. The highest BCUT2D eigenvalue weighted by atomic mass is 32.2. The Morgan fingerprint density at radius 1 is 1.06 bits per heavy atom. The molecular weight excluding hydrogens is 467 g/mol. The normalized spacial score (nSPS) is 12.4. The van der Waals surface area contributed by atoms with Crippen molar-refractivity contribution in [2.75, 3.05) is 11.1 Å². The van der Waals surface area contributed by atoms with E-state index in [9.17, 15) is 22.8 Å². The molecule has 0 bridgehead atoms. The van der Waals surface area contributed by atoms with Gasteiger partial charge in [0.1, 0.15) is 0 Å². The summed E-state index contributed by atoms with van der Waals surface area (Å²) in [6.07, 6.45) is -4.49. The van der Waals surface area contributed by atoms with Crippen molar-refractivity contribution in [2.24, 2.45) is 13.0 Å².